The van der Waals surface area contributed by atoms with Gasteiger partial charge in [0.05, 0.1) is 6.61 Å². The molecule has 178 valence electrons. The fourth-order valence-corrected chi connectivity index (χ4v) is 3.96. The van der Waals surface area contributed by atoms with Crippen molar-refractivity contribution < 1.29 is 14.3 Å². The average molecular weight is 523 g/mol. The number of amides is 2. The van der Waals surface area contributed by atoms with E-state index < -0.39 is 6.04 Å². The molecule has 0 saturated heterocycles. The first-order valence-corrected chi connectivity index (χ1v) is 12.2. The lowest BCUT2D eigenvalue weighted by Crippen LogP contribution is -2.49. The molecular formula is C28H31BrN2O3. The van der Waals surface area contributed by atoms with Crippen LogP contribution in [0.5, 0.6) is 5.75 Å². The smallest absolute Gasteiger partial charge is 0.242 e. The summed E-state index contributed by atoms with van der Waals surface area (Å²) >= 11 is 3.45. The summed E-state index contributed by atoms with van der Waals surface area (Å²) in [5.41, 5.74) is 3.15. The first-order valence-electron chi connectivity index (χ1n) is 11.4. The van der Waals surface area contributed by atoms with Crippen LogP contribution in [0, 0.1) is 6.92 Å². The van der Waals surface area contributed by atoms with Gasteiger partial charge in [-0.1, -0.05) is 76.1 Å². The molecule has 3 rings (SSSR count). The van der Waals surface area contributed by atoms with Crippen LogP contribution in [0.2, 0.25) is 0 Å². The van der Waals surface area contributed by atoms with E-state index in [1.54, 1.807) is 11.9 Å². The number of benzene rings is 3. The summed E-state index contributed by atoms with van der Waals surface area (Å²) in [7, 11) is 1.61. The van der Waals surface area contributed by atoms with E-state index in [4.69, 9.17) is 4.74 Å². The van der Waals surface area contributed by atoms with Gasteiger partial charge >= 0.3 is 0 Å². The highest BCUT2D eigenvalue weighted by Crippen LogP contribution is 2.18. The number of rotatable bonds is 11. The van der Waals surface area contributed by atoms with E-state index in [1.165, 1.54) is 5.56 Å². The molecule has 1 atom stereocenters. The SMILES string of the molecule is CNC(=O)[C@@H](Cc1ccccc1)N(Cc1ccc(Br)cc1)C(=O)CCCOc1ccc(C)cc1. The topological polar surface area (TPSA) is 58.6 Å². The molecule has 1 N–H and O–H groups in total. The van der Waals surface area contributed by atoms with Crippen LogP contribution in [0.1, 0.15) is 29.5 Å². The van der Waals surface area contributed by atoms with Gasteiger partial charge in [0.2, 0.25) is 11.8 Å². The Balaban J connectivity index is 1.73. The zero-order valence-electron chi connectivity index (χ0n) is 19.7. The van der Waals surface area contributed by atoms with Crippen LogP contribution in [0.4, 0.5) is 0 Å². The number of ether oxygens (including phenoxy) is 1. The Morgan fingerprint density at radius 2 is 1.62 bits per heavy atom. The molecule has 0 aromatic heterocycles. The first kappa shape index (κ1) is 25.5. The second kappa shape index (κ2) is 12.9. The van der Waals surface area contributed by atoms with Crippen LogP contribution in [-0.4, -0.2) is 36.4 Å². The van der Waals surface area contributed by atoms with Crippen molar-refractivity contribution in [1.82, 2.24) is 10.2 Å². The normalized spacial score (nSPS) is 11.5. The third kappa shape index (κ3) is 7.73. The van der Waals surface area contributed by atoms with Gasteiger partial charge in [-0.25, -0.2) is 0 Å². The Labute approximate surface area is 210 Å². The summed E-state index contributed by atoms with van der Waals surface area (Å²) in [5, 5.41) is 2.74. The maximum absolute atomic E-state index is 13.4. The lowest BCUT2D eigenvalue weighted by Gasteiger charge is -2.31. The number of nitrogens with zero attached hydrogens (tertiary/aromatic N) is 1. The predicted molar refractivity (Wildman–Crippen MR) is 139 cm³/mol. The molecule has 0 unspecified atom stereocenters. The maximum atomic E-state index is 13.4. The van der Waals surface area contributed by atoms with Crippen molar-refractivity contribution in [1.29, 1.82) is 0 Å². The number of halogens is 1. The molecule has 0 aliphatic heterocycles. The number of aryl methyl sites for hydroxylation is 1. The molecule has 0 spiro atoms. The second-order valence-electron chi connectivity index (χ2n) is 8.23. The minimum atomic E-state index is -0.610. The van der Waals surface area contributed by atoms with Gasteiger partial charge in [-0.15, -0.1) is 0 Å². The Morgan fingerprint density at radius 3 is 2.26 bits per heavy atom. The van der Waals surface area contributed by atoms with E-state index in [0.29, 0.717) is 32.4 Å². The van der Waals surface area contributed by atoms with E-state index in [2.05, 4.69) is 21.2 Å². The van der Waals surface area contributed by atoms with Crippen molar-refractivity contribution in [2.45, 2.75) is 38.8 Å². The highest BCUT2D eigenvalue weighted by Gasteiger charge is 2.29. The summed E-state index contributed by atoms with van der Waals surface area (Å²) in [6.07, 6.45) is 1.31. The standard InChI is InChI=1S/C28H31BrN2O3/c1-21-10-16-25(17-11-21)34-18-6-9-27(32)31(20-23-12-14-24(29)15-13-23)26(28(33)30-2)19-22-7-4-3-5-8-22/h3-5,7-8,10-17,26H,6,9,18-20H2,1-2H3,(H,30,33)/t26-/m1/s1. The Bertz CT molecular complexity index is 1050. The summed E-state index contributed by atoms with van der Waals surface area (Å²) in [6, 6.07) is 24.9. The second-order valence-corrected chi connectivity index (χ2v) is 9.15. The van der Waals surface area contributed by atoms with E-state index in [9.17, 15) is 9.59 Å². The molecule has 34 heavy (non-hydrogen) atoms. The number of nitrogens with one attached hydrogen (secondary N) is 1. The Hall–Kier alpha value is -3.12. The van der Waals surface area contributed by atoms with Crippen LogP contribution in [0.25, 0.3) is 0 Å². The molecule has 0 bridgehead atoms. The molecule has 0 aliphatic rings. The van der Waals surface area contributed by atoms with Gasteiger partial charge in [0, 0.05) is 30.9 Å². The van der Waals surface area contributed by atoms with Crippen molar-refractivity contribution in [3.05, 3.63) is 100 Å². The van der Waals surface area contributed by atoms with E-state index in [0.717, 1.165) is 21.3 Å². The molecule has 0 aliphatic carbocycles. The molecule has 0 fully saturated rings. The molecule has 6 heteroatoms. The van der Waals surface area contributed by atoms with E-state index >= 15 is 0 Å². The lowest BCUT2D eigenvalue weighted by atomic mass is 10.0. The number of hydrogen-bond donors (Lipinski definition) is 1. The maximum Gasteiger partial charge on any atom is 0.242 e. The minimum absolute atomic E-state index is 0.0695. The van der Waals surface area contributed by atoms with Gasteiger partial charge in [0.25, 0.3) is 0 Å². The van der Waals surface area contributed by atoms with Gasteiger partial charge in [0.15, 0.2) is 0 Å². The van der Waals surface area contributed by atoms with Crippen LogP contribution in [0.15, 0.2) is 83.3 Å². The molecular weight excluding hydrogens is 492 g/mol. The third-order valence-corrected chi connectivity index (χ3v) is 6.14. The molecule has 0 radical (unpaired) electrons. The van der Waals surface area contributed by atoms with Crippen LogP contribution >= 0.6 is 15.9 Å². The number of carbonyl (C=O) groups is 2. The molecule has 2 amide bonds. The number of hydrogen-bond acceptors (Lipinski definition) is 3. The molecule has 0 saturated carbocycles. The Kier molecular flexibility index (Phi) is 9.71. The average Bonchev–Trinajstić information content (AvgIpc) is 2.86. The molecule has 3 aromatic rings. The van der Waals surface area contributed by atoms with Gasteiger partial charge in [0.1, 0.15) is 11.8 Å². The number of likely N-dealkylation sites (N-methyl/N-ethyl adjacent to an activating group) is 1. The Morgan fingerprint density at radius 1 is 0.941 bits per heavy atom. The van der Waals surface area contributed by atoms with E-state index in [-0.39, 0.29) is 11.8 Å². The quantitative estimate of drug-likeness (QED) is 0.347. The van der Waals surface area contributed by atoms with Gasteiger partial charge in [-0.05, 0) is 48.7 Å². The van der Waals surface area contributed by atoms with Crippen molar-refractivity contribution >= 4 is 27.7 Å². The minimum Gasteiger partial charge on any atom is -0.494 e. The van der Waals surface area contributed by atoms with Gasteiger partial charge in [-0.2, -0.15) is 0 Å². The van der Waals surface area contributed by atoms with Crippen LogP contribution in [-0.2, 0) is 22.6 Å². The predicted octanol–water partition coefficient (Wildman–Crippen LogP) is 5.30. The zero-order chi connectivity index (χ0) is 24.3. The summed E-state index contributed by atoms with van der Waals surface area (Å²) in [5.74, 6) is 0.544. The van der Waals surface area contributed by atoms with E-state index in [1.807, 2.05) is 85.8 Å². The third-order valence-electron chi connectivity index (χ3n) is 5.61. The molecule has 5 nitrogen and oxygen atoms in total. The highest BCUT2D eigenvalue weighted by atomic mass is 79.9. The monoisotopic (exact) mass is 522 g/mol. The summed E-state index contributed by atoms with van der Waals surface area (Å²) in [6.45, 7) is 2.82. The number of carbonyl (C=O) groups excluding carboxylic acids is 2. The van der Waals surface area contributed by atoms with Gasteiger partial charge < -0.3 is 15.0 Å². The zero-order valence-corrected chi connectivity index (χ0v) is 21.3. The van der Waals surface area contributed by atoms with Crippen molar-refractivity contribution in [2.24, 2.45) is 0 Å². The largest absolute Gasteiger partial charge is 0.494 e. The first-order chi connectivity index (χ1) is 16.5. The summed E-state index contributed by atoms with van der Waals surface area (Å²) < 4.78 is 6.76. The van der Waals surface area contributed by atoms with Crippen molar-refractivity contribution in [3.8, 4) is 5.75 Å². The molecule has 3 aromatic carbocycles. The van der Waals surface area contributed by atoms with Crippen LogP contribution in [0.3, 0.4) is 0 Å². The fraction of sp³-hybridized carbons (Fsp3) is 0.286. The fourth-order valence-electron chi connectivity index (χ4n) is 3.70. The summed E-state index contributed by atoms with van der Waals surface area (Å²) in [4.78, 5) is 28.0. The lowest BCUT2D eigenvalue weighted by molar-refractivity contribution is -0.141. The van der Waals surface area contributed by atoms with Crippen molar-refractivity contribution in [3.63, 3.8) is 0 Å². The molecule has 0 heterocycles. The van der Waals surface area contributed by atoms with Crippen molar-refractivity contribution in [2.75, 3.05) is 13.7 Å². The van der Waals surface area contributed by atoms with Gasteiger partial charge in [-0.3, -0.25) is 9.59 Å². The van der Waals surface area contributed by atoms with Crippen LogP contribution < -0.4 is 10.1 Å². The highest BCUT2D eigenvalue weighted by molar-refractivity contribution is 9.10.